The molecule has 3 nitrogen and oxygen atoms in total. The van der Waals surface area contributed by atoms with E-state index < -0.39 is 0 Å². The van der Waals surface area contributed by atoms with Crippen molar-refractivity contribution in [2.75, 3.05) is 27.2 Å². The van der Waals surface area contributed by atoms with Crippen LogP contribution in [0, 0.1) is 5.92 Å². The molecule has 0 radical (unpaired) electrons. The van der Waals surface area contributed by atoms with Gasteiger partial charge in [0.05, 0.1) is 0 Å². The van der Waals surface area contributed by atoms with Crippen LogP contribution in [0.15, 0.2) is 77.9 Å². The lowest BCUT2D eigenvalue weighted by Crippen LogP contribution is -2.19. The van der Waals surface area contributed by atoms with Crippen molar-refractivity contribution in [2.45, 2.75) is 19.8 Å². The highest BCUT2D eigenvalue weighted by molar-refractivity contribution is 5.96. The molecule has 3 heteroatoms. The molecule has 0 saturated carbocycles. The third-order valence-corrected chi connectivity index (χ3v) is 5.06. The largest absolute Gasteiger partial charge is 0.492 e. The number of benzene rings is 1. The van der Waals surface area contributed by atoms with Gasteiger partial charge in [0, 0.05) is 18.9 Å². The molecule has 0 aromatic heterocycles. The number of carbonyl (C=O) groups excluding carboxylic acids is 1. The molecule has 2 aliphatic carbocycles. The van der Waals surface area contributed by atoms with Crippen LogP contribution in [0.25, 0.3) is 5.57 Å². The van der Waals surface area contributed by atoms with E-state index in [1.54, 1.807) is 6.08 Å². The molecule has 146 valence electrons. The maximum Gasteiger partial charge on any atom is 0.159 e. The van der Waals surface area contributed by atoms with Crippen molar-refractivity contribution in [1.29, 1.82) is 0 Å². The van der Waals surface area contributed by atoms with Gasteiger partial charge in [0.15, 0.2) is 5.78 Å². The Hall–Kier alpha value is -2.65. The van der Waals surface area contributed by atoms with Gasteiger partial charge in [-0.3, -0.25) is 4.79 Å². The van der Waals surface area contributed by atoms with E-state index in [1.807, 2.05) is 32.3 Å². The Kier molecular flexibility index (Phi) is 6.83. The topological polar surface area (TPSA) is 29.5 Å². The number of ether oxygens (including phenoxy) is 1. The predicted octanol–water partition coefficient (Wildman–Crippen LogP) is 4.99. The van der Waals surface area contributed by atoms with E-state index in [0.717, 1.165) is 29.9 Å². The molecule has 0 heterocycles. The number of rotatable bonds is 8. The lowest BCUT2D eigenvalue weighted by atomic mass is 9.84. The van der Waals surface area contributed by atoms with Crippen LogP contribution < -0.4 is 4.74 Å². The second-order valence-corrected chi connectivity index (χ2v) is 7.39. The van der Waals surface area contributed by atoms with Gasteiger partial charge in [0.25, 0.3) is 0 Å². The summed E-state index contributed by atoms with van der Waals surface area (Å²) >= 11 is 0. The number of nitrogens with zero attached hydrogens (tertiary/aromatic N) is 1. The first-order chi connectivity index (χ1) is 13.6. The van der Waals surface area contributed by atoms with Gasteiger partial charge in [-0.05, 0) is 55.4 Å². The van der Waals surface area contributed by atoms with Crippen molar-refractivity contribution in [3.8, 4) is 5.75 Å². The van der Waals surface area contributed by atoms with Gasteiger partial charge in [0.2, 0.25) is 0 Å². The number of ketones is 1. The Morgan fingerprint density at radius 3 is 2.39 bits per heavy atom. The molecule has 1 aromatic rings. The minimum Gasteiger partial charge on any atom is -0.492 e. The molecule has 0 unspecified atom stereocenters. The van der Waals surface area contributed by atoms with E-state index in [2.05, 4.69) is 54.3 Å². The van der Waals surface area contributed by atoms with Crippen LogP contribution in [0.5, 0.6) is 5.75 Å². The number of hydrogen-bond donors (Lipinski definition) is 0. The van der Waals surface area contributed by atoms with Crippen LogP contribution in [-0.2, 0) is 4.79 Å². The Bertz CT molecular complexity index is 839. The van der Waals surface area contributed by atoms with E-state index >= 15 is 0 Å². The molecule has 0 fully saturated rings. The average Bonchev–Trinajstić information content (AvgIpc) is 3.22. The van der Waals surface area contributed by atoms with E-state index in [0.29, 0.717) is 18.9 Å². The second-order valence-electron chi connectivity index (χ2n) is 7.39. The summed E-state index contributed by atoms with van der Waals surface area (Å²) in [7, 11) is 4.08. The van der Waals surface area contributed by atoms with Crippen LogP contribution >= 0.6 is 0 Å². The highest BCUT2D eigenvalue weighted by Gasteiger charge is 2.19. The highest BCUT2D eigenvalue weighted by Crippen LogP contribution is 2.37. The first-order valence-corrected chi connectivity index (χ1v) is 9.96. The van der Waals surface area contributed by atoms with Crippen LogP contribution in [0.3, 0.4) is 0 Å². The van der Waals surface area contributed by atoms with E-state index in [4.69, 9.17) is 4.74 Å². The molecule has 0 N–H and O–H groups in total. The van der Waals surface area contributed by atoms with Crippen LogP contribution in [-0.4, -0.2) is 37.9 Å². The summed E-state index contributed by atoms with van der Waals surface area (Å²) in [6.45, 7) is 3.76. The van der Waals surface area contributed by atoms with Crippen LogP contribution in [0.2, 0.25) is 0 Å². The van der Waals surface area contributed by atoms with Gasteiger partial charge in [-0.2, -0.15) is 0 Å². The summed E-state index contributed by atoms with van der Waals surface area (Å²) in [6.07, 6.45) is 15.8. The van der Waals surface area contributed by atoms with Gasteiger partial charge in [-0.1, -0.05) is 61.1 Å². The second kappa shape index (κ2) is 9.52. The first-order valence-electron chi connectivity index (χ1n) is 9.96. The summed E-state index contributed by atoms with van der Waals surface area (Å²) < 4.78 is 5.84. The SMILES string of the molecule is CC/C(=C(\C1=CCC(=O)C=C1)c1ccc(OCCN(C)C)cc1)C1C=CC=C1. The van der Waals surface area contributed by atoms with Crippen molar-refractivity contribution in [3.05, 3.63) is 83.5 Å². The fourth-order valence-electron chi connectivity index (χ4n) is 3.56. The molecule has 0 saturated heterocycles. The van der Waals surface area contributed by atoms with Crippen molar-refractivity contribution in [1.82, 2.24) is 4.90 Å². The van der Waals surface area contributed by atoms with Gasteiger partial charge < -0.3 is 9.64 Å². The molecule has 0 aliphatic heterocycles. The van der Waals surface area contributed by atoms with Gasteiger partial charge in [-0.25, -0.2) is 0 Å². The molecule has 0 spiro atoms. The summed E-state index contributed by atoms with van der Waals surface area (Å²) in [5, 5.41) is 0. The number of allylic oxidation sites excluding steroid dienone is 10. The van der Waals surface area contributed by atoms with E-state index in [1.165, 1.54) is 11.1 Å². The zero-order valence-electron chi connectivity index (χ0n) is 17.0. The summed E-state index contributed by atoms with van der Waals surface area (Å²) in [4.78, 5) is 13.8. The van der Waals surface area contributed by atoms with E-state index in [-0.39, 0.29) is 5.78 Å². The molecule has 28 heavy (non-hydrogen) atoms. The predicted molar refractivity (Wildman–Crippen MR) is 116 cm³/mol. The minimum atomic E-state index is 0.159. The summed E-state index contributed by atoms with van der Waals surface area (Å²) in [5.41, 5.74) is 4.89. The molecular formula is C25H29NO2. The Morgan fingerprint density at radius 1 is 1.11 bits per heavy atom. The number of likely N-dealkylation sites (N-methyl/N-ethyl adjacent to an activating group) is 1. The quantitative estimate of drug-likeness (QED) is 0.641. The van der Waals surface area contributed by atoms with Gasteiger partial charge in [-0.15, -0.1) is 0 Å². The van der Waals surface area contributed by atoms with Crippen LogP contribution in [0.1, 0.15) is 25.3 Å². The number of hydrogen-bond acceptors (Lipinski definition) is 3. The van der Waals surface area contributed by atoms with Gasteiger partial charge >= 0.3 is 0 Å². The Morgan fingerprint density at radius 2 is 1.82 bits per heavy atom. The normalized spacial score (nSPS) is 17.3. The van der Waals surface area contributed by atoms with Crippen molar-refractivity contribution < 1.29 is 9.53 Å². The van der Waals surface area contributed by atoms with Crippen molar-refractivity contribution in [2.24, 2.45) is 5.92 Å². The standard InChI is InChI=1S/C25H29NO2/c1-4-24(19-7-5-6-8-19)25(20-9-13-22(27)14-10-20)21-11-15-23(16-12-21)28-18-17-26(2)3/h5-13,15-16,19H,4,14,17-18H2,1-3H3/b25-24-. The molecule has 2 aliphatic rings. The fourth-order valence-corrected chi connectivity index (χ4v) is 3.56. The maximum atomic E-state index is 11.7. The molecule has 0 bridgehead atoms. The van der Waals surface area contributed by atoms with Gasteiger partial charge in [0.1, 0.15) is 12.4 Å². The van der Waals surface area contributed by atoms with Crippen LogP contribution in [0.4, 0.5) is 0 Å². The smallest absolute Gasteiger partial charge is 0.159 e. The van der Waals surface area contributed by atoms with Crippen molar-refractivity contribution >= 4 is 11.4 Å². The Balaban J connectivity index is 1.93. The Labute approximate surface area is 168 Å². The third-order valence-electron chi connectivity index (χ3n) is 5.06. The summed E-state index contributed by atoms with van der Waals surface area (Å²) in [5.74, 6) is 1.35. The third kappa shape index (κ3) is 4.99. The average molecular weight is 376 g/mol. The molecule has 0 atom stereocenters. The van der Waals surface area contributed by atoms with Crippen molar-refractivity contribution in [3.63, 3.8) is 0 Å². The molecule has 3 rings (SSSR count). The monoisotopic (exact) mass is 375 g/mol. The maximum absolute atomic E-state index is 11.7. The summed E-state index contributed by atoms with van der Waals surface area (Å²) in [6, 6.07) is 8.33. The zero-order valence-corrected chi connectivity index (χ0v) is 17.0. The lowest BCUT2D eigenvalue weighted by Gasteiger charge is -2.21. The highest BCUT2D eigenvalue weighted by atomic mass is 16.5. The molecule has 1 aromatic carbocycles. The minimum absolute atomic E-state index is 0.159. The zero-order chi connectivity index (χ0) is 19.9. The number of carbonyl (C=O) groups is 1. The fraction of sp³-hybridized carbons (Fsp3) is 0.320. The van der Waals surface area contributed by atoms with E-state index in [9.17, 15) is 4.79 Å². The molecule has 0 amide bonds. The lowest BCUT2D eigenvalue weighted by molar-refractivity contribution is -0.113. The molecular weight excluding hydrogens is 346 g/mol. The first kappa shape index (κ1) is 20.1.